The van der Waals surface area contributed by atoms with Crippen molar-refractivity contribution in [2.45, 2.75) is 55.3 Å². The van der Waals surface area contributed by atoms with E-state index in [1.807, 2.05) is 24.3 Å². The Morgan fingerprint density at radius 1 is 1.11 bits per heavy atom. The molecule has 180 valence electrons. The van der Waals surface area contributed by atoms with Crippen molar-refractivity contribution in [3.05, 3.63) is 58.8 Å². The Labute approximate surface area is 204 Å². The van der Waals surface area contributed by atoms with Crippen molar-refractivity contribution in [2.24, 2.45) is 5.92 Å². The summed E-state index contributed by atoms with van der Waals surface area (Å²) in [6.45, 7) is 2.08. The molecule has 6 heteroatoms. The molecule has 3 aliphatic carbocycles. The van der Waals surface area contributed by atoms with E-state index >= 15 is 0 Å². The molecule has 2 fully saturated rings. The van der Waals surface area contributed by atoms with Crippen LogP contribution in [-0.2, 0) is 18.3 Å². The Bertz CT molecular complexity index is 1400. The van der Waals surface area contributed by atoms with Crippen LogP contribution in [0.4, 0.5) is 0 Å². The van der Waals surface area contributed by atoms with Gasteiger partial charge < -0.3 is 19.3 Å². The first-order valence-corrected chi connectivity index (χ1v) is 12.9. The molecule has 1 aromatic heterocycles. The van der Waals surface area contributed by atoms with Crippen molar-refractivity contribution in [1.29, 1.82) is 0 Å². The zero-order valence-electron chi connectivity index (χ0n) is 20.2. The van der Waals surface area contributed by atoms with Crippen LogP contribution in [0.2, 0.25) is 0 Å². The number of aromatic nitrogens is 1. The van der Waals surface area contributed by atoms with Crippen LogP contribution in [0.5, 0.6) is 17.2 Å². The predicted molar refractivity (Wildman–Crippen MR) is 131 cm³/mol. The molecule has 3 aromatic rings. The number of ether oxygens (including phenoxy) is 3. The lowest BCUT2D eigenvalue weighted by molar-refractivity contribution is -0.173. The summed E-state index contributed by atoms with van der Waals surface area (Å²) in [6.07, 6.45) is 4.61. The molecule has 1 saturated carbocycles. The van der Waals surface area contributed by atoms with E-state index in [-0.39, 0.29) is 12.1 Å². The molecule has 35 heavy (non-hydrogen) atoms. The summed E-state index contributed by atoms with van der Waals surface area (Å²) in [5, 5.41) is 13.9. The highest BCUT2D eigenvalue weighted by atomic mass is 16.5. The molecule has 0 amide bonds. The van der Waals surface area contributed by atoms with Crippen LogP contribution in [0.3, 0.4) is 0 Å². The molecule has 2 aromatic carbocycles. The van der Waals surface area contributed by atoms with Crippen LogP contribution in [0.1, 0.15) is 47.8 Å². The van der Waals surface area contributed by atoms with Gasteiger partial charge in [-0.1, -0.05) is 6.07 Å². The summed E-state index contributed by atoms with van der Waals surface area (Å²) in [5.41, 5.74) is 4.03. The Morgan fingerprint density at radius 2 is 2.00 bits per heavy atom. The molecular formula is C29H30N2O4. The SMILES string of the molecule is COc1ccc2nc3c(cc2c1)CC1(O)[C@@H]2Cc4ccc(OC)c5c4[C@@]1(CCN2CC1CC1)C3O5. The van der Waals surface area contributed by atoms with Gasteiger partial charge >= 0.3 is 0 Å². The van der Waals surface area contributed by atoms with E-state index in [0.717, 1.165) is 71.3 Å². The van der Waals surface area contributed by atoms with Crippen molar-refractivity contribution in [1.82, 2.24) is 9.88 Å². The summed E-state index contributed by atoms with van der Waals surface area (Å²) < 4.78 is 18.1. The fourth-order valence-electron chi connectivity index (χ4n) is 7.80. The number of piperidine rings is 1. The molecule has 1 saturated heterocycles. The zero-order valence-corrected chi connectivity index (χ0v) is 20.2. The standard InChI is InChI=1S/C29H30N2O4/c1-33-20-6-7-21-18(12-20)11-19-14-29(32)23-13-17-5-8-22(34-2)26-24(17)28(29,27(35-26)25(19)30-21)9-10-31(23)15-16-3-4-16/h5-8,11-12,16,23,27,32H,3-4,9-10,13-15H2,1-2H3/t23-,27?,28-,29?/m0/s1. The summed E-state index contributed by atoms with van der Waals surface area (Å²) in [4.78, 5) is 7.76. The average molecular weight is 471 g/mol. The monoisotopic (exact) mass is 470 g/mol. The molecule has 8 rings (SSSR count). The molecule has 5 aliphatic rings. The van der Waals surface area contributed by atoms with Crippen molar-refractivity contribution in [3.8, 4) is 17.2 Å². The van der Waals surface area contributed by atoms with Gasteiger partial charge in [-0.3, -0.25) is 4.90 Å². The summed E-state index contributed by atoms with van der Waals surface area (Å²) in [5.74, 6) is 3.16. The molecule has 0 radical (unpaired) electrons. The average Bonchev–Trinajstić information content (AvgIpc) is 3.61. The van der Waals surface area contributed by atoms with E-state index in [9.17, 15) is 5.11 Å². The minimum atomic E-state index is -0.920. The lowest BCUT2D eigenvalue weighted by Crippen LogP contribution is -2.74. The van der Waals surface area contributed by atoms with Gasteiger partial charge in [-0.25, -0.2) is 4.98 Å². The van der Waals surface area contributed by atoms with Gasteiger partial charge in [-0.2, -0.15) is 0 Å². The van der Waals surface area contributed by atoms with E-state index in [1.54, 1.807) is 14.2 Å². The van der Waals surface area contributed by atoms with E-state index in [0.29, 0.717) is 6.42 Å². The molecule has 2 aliphatic heterocycles. The second-order valence-electron chi connectivity index (χ2n) is 11.2. The number of hydrogen-bond donors (Lipinski definition) is 1. The second-order valence-corrected chi connectivity index (χ2v) is 11.2. The lowest BCUT2D eigenvalue weighted by atomic mass is 9.49. The van der Waals surface area contributed by atoms with Crippen molar-refractivity contribution in [3.63, 3.8) is 0 Å². The number of fused-ring (bicyclic) bond motifs is 3. The fourth-order valence-corrected chi connectivity index (χ4v) is 7.80. The van der Waals surface area contributed by atoms with Crippen molar-refractivity contribution in [2.75, 3.05) is 27.3 Å². The smallest absolute Gasteiger partial charge is 0.166 e. The van der Waals surface area contributed by atoms with Crippen LogP contribution in [-0.4, -0.2) is 53.9 Å². The highest BCUT2D eigenvalue weighted by Crippen LogP contribution is 2.68. The van der Waals surface area contributed by atoms with Crippen LogP contribution < -0.4 is 14.2 Å². The molecule has 2 bridgehead atoms. The van der Waals surface area contributed by atoms with Crippen LogP contribution in [0, 0.1) is 5.92 Å². The lowest BCUT2D eigenvalue weighted by Gasteiger charge is -2.63. The zero-order chi connectivity index (χ0) is 23.5. The fraction of sp³-hybridized carbons (Fsp3) is 0.483. The Hall–Kier alpha value is -2.83. The molecule has 1 spiro atoms. The van der Waals surface area contributed by atoms with E-state index in [4.69, 9.17) is 19.2 Å². The maximum atomic E-state index is 12.9. The minimum Gasteiger partial charge on any atom is -0.497 e. The van der Waals surface area contributed by atoms with E-state index in [1.165, 1.54) is 24.0 Å². The Balaban J connectivity index is 1.38. The van der Waals surface area contributed by atoms with Gasteiger partial charge in [-0.05, 0) is 79.6 Å². The van der Waals surface area contributed by atoms with Gasteiger partial charge in [0.15, 0.2) is 17.6 Å². The van der Waals surface area contributed by atoms with Gasteiger partial charge in [0.25, 0.3) is 0 Å². The number of nitrogens with zero attached hydrogens (tertiary/aromatic N) is 2. The number of methoxy groups -OCH3 is 2. The largest absolute Gasteiger partial charge is 0.497 e. The molecule has 1 N–H and O–H groups in total. The number of aliphatic hydroxyl groups is 1. The molecule has 2 unspecified atom stereocenters. The highest BCUT2D eigenvalue weighted by Gasteiger charge is 2.72. The quantitative estimate of drug-likeness (QED) is 0.623. The first-order valence-electron chi connectivity index (χ1n) is 12.9. The highest BCUT2D eigenvalue weighted by molar-refractivity contribution is 5.82. The summed E-state index contributed by atoms with van der Waals surface area (Å²) in [6, 6.07) is 12.5. The summed E-state index contributed by atoms with van der Waals surface area (Å²) >= 11 is 0. The third-order valence-electron chi connectivity index (χ3n) is 9.56. The maximum absolute atomic E-state index is 12.9. The van der Waals surface area contributed by atoms with Crippen molar-refractivity contribution >= 4 is 10.9 Å². The van der Waals surface area contributed by atoms with Crippen LogP contribution >= 0.6 is 0 Å². The third kappa shape index (κ3) is 2.44. The van der Waals surface area contributed by atoms with E-state index < -0.39 is 11.0 Å². The number of hydrogen-bond acceptors (Lipinski definition) is 6. The first-order chi connectivity index (χ1) is 17.1. The van der Waals surface area contributed by atoms with Gasteiger partial charge in [0.1, 0.15) is 5.75 Å². The van der Waals surface area contributed by atoms with Crippen LogP contribution in [0.25, 0.3) is 10.9 Å². The predicted octanol–water partition coefficient (Wildman–Crippen LogP) is 3.95. The van der Waals surface area contributed by atoms with Gasteiger partial charge in [0.05, 0.1) is 36.4 Å². The van der Waals surface area contributed by atoms with Crippen molar-refractivity contribution < 1.29 is 19.3 Å². The number of benzene rings is 2. The third-order valence-corrected chi connectivity index (χ3v) is 9.56. The Kier molecular flexibility index (Phi) is 3.89. The normalized spacial score (nSPS) is 32.1. The van der Waals surface area contributed by atoms with Crippen LogP contribution in [0.15, 0.2) is 36.4 Å². The van der Waals surface area contributed by atoms with Gasteiger partial charge in [-0.15, -0.1) is 0 Å². The number of likely N-dealkylation sites (tertiary alicyclic amines) is 1. The van der Waals surface area contributed by atoms with E-state index in [2.05, 4.69) is 17.0 Å². The molecule has 6 nitrogen and oxygen atoms in total. The van der Waals surface area contributed by atoms with Gasteiger partial charge in [0, 0.05) is 30.0 Å². The molecule has 4 atom stereocenters. The minimum absolute atomic E-state index is 0.0731. The second kappa shape index (κ2) is 6.68. The first kappa shape index (κ1) is 20.4. The van der Waals surface area contributed by atoms with Gasteiger partial charge in [0.2, 0.25) is 0 Å². The maximum Gasteiger partial charge on any atom is 0.166 e. The number of pyridine rings is 1. The summed E-state index contributed by atoms with van der Waals surface area (Å²) in [7, 11) is 3.39. The number of rotatable bonds is 4. The Morgan fingerprint density at radius 3 is 2.80 bits per heavy atom. The topological polar surface area (TPSA) is 64.0 Å². The molecule has 3 heterocycles. The molecular weight excluding hydrogens is 440 g/mol.